The lowest BCUT2D eigenvalue weighted by Crippen LogP contribution is -2.29. The van der Waals surface area contributed by atoms with E-state index in [1.165, 1.54) is 0 Å². The maximum Gasteiger partial charge on any atom is 0.342 e. The number of hydrogen-bond acceptors (Lipinski definition) is 6. The van der Waals surface area contributed by atoms with Gasteiger partial charge in [0.15, 0.2) is 6.61 Å². The lowest BCUT2D eigenvalue weighted by atomic mass is 10.1. The lowest BCUT2D eigenvalue weighted by molar-refractivity contribution is -0.124. The Morgan fingerprint density at radius 3 is 2.70 bits per heavy atom. The lowest BCUT2D eigenvalue weighted by Gasteiger charge is -2.06. The van der Waals surface area contributed by atoms with Gasteiger partial charge < -0.3 is 14.8 Å². The Kier molecular flexibility index (Phi) is 6.79. The van der Waals surface area contributed by atoms with Crippen LogP contribution < -0.4 is 10.1 Å². The van der Waals surface area contributed by atoms with Crippen molar-refractivity contribution in [3.8, 4) is 28.8 Å². The number of amides is 1. The molecule has 3 aromatic rings. The first kappa shape index (κ1) is 20.6. The van der Waals surface area contributed by atoms with Gasteiger partial charge in [-0.2, -0.15) is 10.4 Å². The van der Waals surface area contributed by atoms with E-state index in [2.05, 4.69) is 10.4 Å². The average molecular weight is 404 g/mol. The number of nitriles is 1. The molecule has 0 saturated carbocycles. The summed E-state index contributed by atoms with van der Waals surface area (Å²) in [5, 5.41) is 15.6. The second kappa shape index (κ2) is 9.89. The summed E-state index contributed by atoms with van der Waals surface area (Å²) in [7, 11) is 1.56. The number of carbonyl (C=O) groups is 2. The molecular formula is C22H20N4O4. The summed E-state index contributed by atoms with van der Waals surface area (Å²) in [6, 6.07) is 18.4. The topological polar surface area (TPSA) is 106 Å². The molecule has 30 heavy (non-hydrogen) atoms. The van der Waals surface area contributed by atoms with E-state index in [1.807, 2.05) is 42.5 Å². The highest BCUT2D eigenvalue weighted by molar-refractivity contribution is 5.97. The molecule has 0 bridgehead atoms. The molecule has 0 atom stereocenters. The number of ether oxygens (including phenoxy) is 2. The maximum absolute atomic E-state index is 12.7. The van der Waals surface area contributed by atoms with E-state index in [-0.39, 0.29) is 18.5 Å². The van der Waals surface area contributed by atoms with Crippen LogP contribution in [0.15, 0.2) is 60.8 Å². The van der Waals surface area contributed by atoms with E-state index in [4.69, 9.17) is 14.7 Å². The SMILES string of the molecule is COc1cccc(-c2nn(-c3ccccc3)cc2C(=O)OCC(=O)NCCC#N)c1. The van der Waals surface area contributed by atoms with Gasteiger partial charge in [-0.25, -0.2) is 9.48 Å². The van der Waals surface area contributed by atoms with Crippen LogP contribution in [0.25, 0.3) is 16.9 Å². The number of rotatable bonds is 8. The summed E-state index contributed by atoms with van der Waals surface area (Å²) in [4.78, 5) is 24.5. The number of para-hydroxylation sites is 1. The van der Waals surface area contributed by atoms with Crippen LogP contribution in [0.5, 0.6) is 5.75 Å². The van der Waals surface area contributed by atoms with E-state index in [0.29, 0.717) is 17.0 Å². The van der Waals surface area contributed by atoms with Gasteiger partial charge in [0.1, 0.15) is 17.0 Å². The van der Waals surface area contributed by atoms with Gasteiger partial charge in [-0.3, -0.25) is 4.79 Å². The van der Waals surface area contributed by atoms with E-state index < -0.39 is 18.5 Å². The fraction of sp³-hybridized carbons (Fsp3) is 0.182. The molecule has 152 valence electrons. The fourth-order valence-corrected chi connectivity index (χ4v) is 2.74. The zero-order valence-corrected chi connectivity index (χ0v) is 16.4. The first-order valence-electron chi connectivity index (χ1n) is 9.22. The third-order valence-corrected chi connectivity index (χ3v) is 4.19. The summed E-state index contributed by atoms with van der Waals surface area (Å²) in [6.45, 7) is -0.244. The molecule has 0 aliphatic heterocycles. The highest BCUT2D eigenvalue weighted by atomic mass is 16.5. The van der Waals surface area contributed by atoms with Crippen LogP contribution in [-0.2, 0) is 9.53 Å². The Morgan fingerprint density at radius 2 is 1.97 bits per heavy atom. The zero-order chi connectivity index (χ0) is 21.3. The van der Waals surface area contributed by atoms with Crippen molar-refractivity contribution in [1.29, 1.82) is 5.26 Å². The second-order valence-corrected chi connectivity index (χ2v) is 6.24. The van der Waals surface area contributed by atoms with Crippen LogP contribution in [0.4, 0.5) is 0 Å². The van der Waals surface area contributed by atoms with Crippen molar-refractivity contribution < 1.29 is 19.1 Å². The molecule has 8 nitrogen and oxygen atoms in total. The van der Waals surface area contributed by atoms with Crippen LogP contribution in [0, 0.1) is 11.3 Å². The molecule has 1 N–H and O–H groups in total. The molecule has 0 unspecified atom stereocenters. The second-order valence-electron chi connectivity index (χ2n) is 6.24. The normalized spacial score (nSPS) is 10.1. The van der Waals surface area contributed by atoms with Gasteiger partial charge in [0.25, 0.3) is 5.91 Å². The Balaban J connectivity index is 1.88. The fourth-order valence-electron chi connectivity index (χ4n) is 2.74. The Bertz CT molecular complexity index is 1070. The summed E-state index contributed by atoms with van der Waals surface area (Å²) in [5.74, 6) is -0.527. The Hall–Kier alpha value is -4.12. The van der Waals surface area contributed by atoms with Gasteiger partial charge in [-0.1, -0.05) is 30.3 Å². The molecule has 1 aromatic heterocycles. The summed E-state index contributed by atoms with van der Waals surface area (Å²) in [6.07, 6.45) is 1.75. The van der Waals surface area contributed by atoms with Gasteiger partial charge in [-0.05, 0) is 24.3 Å². The van der Waals surface area contributed by atoms with Crippen molar-refractivity contribution in [2.45, 2.75) is 6.42 Å². The van der Waals surface area contributed by atoms with Crippen LogP contribution in [0.3, 0.4) is 0 Å². The van der Waals surface area contributed by atoms with Crippen LogP contribution in [0.2, 0.25) is 0 Å². The number of esters is 1. The third kappa shape index (κ3) is 5.02. The van der Waals surface area contributed by atoms with Crippen LogP contribution >= 0.6 is 0 Å². The van der Waals surface area contributed by atoms with Gasteiger partial charge >= 0.3 is 5.97 Å². The minimum Gasteiger partial charge on any atom is -0.497 e. The van der Waals surface area contributed by atoms with E-state index in [0.717, 1.165) is 5.69 Å². The largest absolute Gasteiger partial charge is 0.497 e. The van der Waals surface area contributed by atoms with Gasteiger partial charge in [0.2, 0.25) is 0 Å². The van der Waals surface area contributed by atoms with Crippen molar-refractivity contribution in [1.82, 2.24) is 15.1 Å². The predicted molar refractivity (Wildman–Crippen MR) is 109 cm³/mol. The van der Waals surface area contributed by atoms with Crippen molar-refractivity contribution in [2.24, 2.45) is 0 Å². The standard InChI is InChI=1S/C22H20N4O4/c1-29-18-10-5-7-16(13-18)21-19(14-26(25-21)17-8-3-2-4-9-17)22(28)30-15-20(27)24-12-6-11-23/h2-5,7-10,13-14H,6,12,15H2,1H3,(H,24,27). The number of carbonyl (C=O) groups excluding carboxylic acids is 2. The monoisotopic (exact) mass is 404 g/mol. The maximum atomic E-state index is 12.7. The molecule has 0 aliphatic rings. The minimum atomic E-state index is -0.676. The van der Waals surface area contributed by atoms with E-state index in [1.54, 1.807) is 36.2 Å². The molecule has 0 radical (unpaired) electrons. The zero-order valence-electron chi connectivity index (χ0n) is 16.4. The van der Waals surface area contributed by atoms with Gasteiger partial charge in [0, 0.05) is 18.3 Å². The first-order chi connectivity index (χ1) is 14.6. The molecule has 2 aromatic carbocycles. The molecule has 3 rings (SSSR count). The number of benzene rings is 2. The molecule has 0 saturated heterocycles. The molecule has 8 heteroatoms. The van der Waals surface area contributed by atoms with Gasteiger partial charge in [0.05, 0.1) is 25.3 Å². The molecular weight excluding hydrogens is 384 g/mol. The number of aromatic nitrogens is 2. The third-order valence-electron chi connectivity index (χ3n) is 4.19. The van der Waals surface area contributed by atoms with Crippen molar-refractivity contribution in [3.05, 3.63) is 66.4 Å². The van der Waals surface area contributed by atoms with Crippen LogP contribution in [0.1, 0.15) is 16.8 Å². The smallest absolute Gasteiger partial charge is 0.342 e. The number of nitrogens with one attached hydrogen (secondary N) is 1. The number of hydrogen-bond donors (Lipinski definition) is 1. The summed E-state index contributed by atoms with van der Waals surface area (Å²) >= 11 is 0. The number of nitrogens with zero attached hydrogens (tertiary/aromatic N) is 3. The highest BCUT2D eigenvalue weighted by Gasteiger charge is 2.21. The minimum absolute atomic E-state index is 0.184. The quantitative estimate of drug-likeness (QED) is 0.457. The average Bonchev–Trinajstić information content (AvgIpc) is 3.24. The highest BCUT2D eigenvalue weighted by Crippen LogP contribution is 2.27. The molecule has 0 spiro atoms. The first-order valence-corrected chi connectivity index (χ1v) is 9.22. The molecule has 1 amide bonds. The number of methoxy groups -OCH3 is 1. The Labute approximate surface area is 173 Å². The van der Waals surface area contributed by atoms with E-state index >= 15 is 0 Å². The molecule has 0 fully saturated rings. The molecule has 1 heterocycles. The van der Waals surface area contributed by atoms with Crippen molar-refractivity contribution >= 4 is 11.9 Å². The van der Waals surface area contributed by atoms with Crippen molar-refractivity contribution in [2.75, 3.05) is 20.3 Å². The molecule has 0 aliphatic carbocycles. The van der Waals surface area contributed by atoms with Crippen LogP contribution in [-0.4, -0.2) is 41.9 Å². The predicted octanol–water partition coefficient (Wildman–Crippen LogP) is 2.73. The van der Waals surface area contributed by atoms with Gasteiger partial charge in [-0.15, -0.1) is 0 Å². The summed E-state index contributed by atoms with van der Waals surface area (Å²) < 4.78 is 12.0. The van der Waals surface area contributed by atoms with E-state index in [9.17, 15) is 9.59 Å². The van der Waals surface area contributed by atoms with Crippen molar-refractivity contribution in [3.63, 3.8) is 0 Å². The Morgan fingerprint density at radius 1 is 1.17 bits per heavy atom. The summed E-state index contributed by atoms with van der Waals surface area (Å²) in [5.41, 5.74) is 2.08.